The molecule has 1 unspecified atom stereocenters. The van der Waals surface area contributed by atoms with Crippen LogP contribution in [-0.2, 0) is 11.4 Å². The van der Waals surface area contributed by atoms with Gasteiger partial charge < -0.3 is 10.1 Å². The van der Waals surface area contributed by atoms with Crippen molar-refractivity contribution < 1.29 is 9.53 Å². The summed E-state index contributed by atoms with van der Waals surface area (Å²) in [5, 5.41) is 3.92. The highest BCUT2D eigenvalue weighted by molar-refractivity contribution is 7.27. The van der Waals surface area contributed by atoms with E-state index >= 15 is 0 Å². The quantitative estimate of drug-likeness (QED) is 0.694. The summed E-state index contributed by atoms with van der Waals surface area (Å²) in [4.78, 5) is 11.1. The van der Waals surface area contributed by atoms with Gasteiger partial charge in [-0.05, 0) is 46.3 Å². The highest BCUT2D eigenvalue weighted by atomic mass is 31.0. The molecular weight excluding hydrogens is 329 g/mol. The van der Waals surface area contributed by atoms with Crippen LogP contribution in [0, 0.1) is 0 Å². The van der Waals surface area contributed by atoms with Crippen molar-refractivity contribution >= 4 is 26.1 Å². The molecule has 0 radical (unpaired) electrons. The number of ether oxygens (including phenoxy) is 1. The Kier molecular flexibility index (Phi) is 5.47. The van der Waals surface area contributed by atoms with Gasteiger partial charge in [0.2, 0.25) is 5.91 Å². The minimum atomic E-state index is -0.0682. The maximum Gasteiger partial charge on any atom is 0.221 e. The van der Waals surface area contributed by atoms with Crippen LogP contribution in [0.4, 0.5) is 5.69 Å². The Morgan fingerprint density at radius 2 is 1.52 bits per heavy atom. The lowest BCUT2D eigenvalue weighted by Crippen LogP contribution is -2.05. The van der Waals surface area contributed by atoms with E-state index < -0.39 is 0 Å². The molecule has 0 aliphatic rings. The summed E-state index contributed by atoms with van der Waals surface area (Å²) >= 11 is 0. The molecule has 25 heavy (non-hydrogen) atoms. The lowest BCUT2D eigenvalue weighted by atomic mass is 10.1. The fourth-order valence-corrected chi connectivity index (χ4v) is 2.81. The van der Waals surface area contributed by atoms with Crippen molar-refractivity contribution in [3.63, 3.8) is 0 Å². The number of anilines is 1. The third-order valence-electron chi connectivity index (χ3n) is 3.84. The monoisotopic (exact) mass is 349 g/mol. The van der Waals surface area contributed by atoms with E-state index in [0.717, 1.165) is 33.4 Å². The molecule has 3 nitrogen and oxygen atoms in total. The number of rotatable bonds is 5. The topological polar surface area (TPSA) is 38.3 Å². The van der Waals surface area contributed by atoms with Crippen molar-refractivity contribution in [3.8, 4) is 16.9 Å². The van der Waals surface area contributed by atoms with Gasteiger partial charge in [0.25, 0.3) is 0 Å². The Morgan fingerprint density at radius 3 is 2.12 bits per heavy atom. The number of carbonyl (C=O) groups excluding carboxylic acids is 1. The van der Waals surface area contributed by atoms with Crippen molar-refractivity contribution in [1.29, 1.82) is 0 Å². The first-order valence-electron chi connectivity index (χ1n) is 8.06. The van der Waals surface area contributed by atoms with Crippen LogP contribution in [0.25, 0.3) is 11.1 Å². The maximum absolute atomic E-state index is 11.1. The predicted molar refractivity (Wildman–Crippen MR) is 106 cm³/mol. The molecule has 1 atom stereocenters. The van der Waals surface area contributed by atoms with Crippen molar-refractivity contribution in [2.75, 3.05) is 5.32 Å². The first-order valence-corrected chi connectivity index (χ1v) is 8.64. The van der Waals surface area contributed by atoms with Gasteiger partial charge >= 0.3 is 0 Å². The second kappa shape index (κ2) is 7.96. The number of amides is 1. The number of carbonyl (C=O) groups is 1. The van der Waals surface area contributed by atoms with E-state index in [1.54, 1.807) is 0 Å². The molecule has 0 aromatic heterocycles. The molecule has 0 saturated carbocycles. The first-order chi connectivity index (χ1) is 12.1. The van der Waals surface area contributed by atoms with Crippen LogP contribution in [-0.4, -0.2) is 5.91 Å². The van der Waals surface area contributed by atoms with Gasteiger partial charge in [-0.2, -0.15) is 0 Å². The smallest absolute Gasteiger partial charge is 0.221 e. The van der Waals surface area contributed by atoms with Crippen LogP contribution in [0.3, 0.4) is 0 Å². The Hall–Kier alpha value is -2.64. The fraction of sp³-hybridized carbons (Fsp3) is 0.0952. The summed E-state index contributed by atoms with van der Waals surface area (Å²) in [6, 6.07) is 23.9. The van der Waals surface area contributed by atoms with Crippen molar-refractivity contribution in [3.05, 3.63) is 78.4 Å². The molecule has 0 heterocycles. The predicted octanol–water partition coefficient (Wildman–Crippen LogP) is 4.39. The zero-order valence-electron chi connectivity index (χ0n) is 14.0. The summed E-state index contributed by atoms with van der Waals surface area (Å²) in [5.41, 5.74) is 4.15. The van der Waals surface area contributed by atoms with Gasteiger partial charge in [0.15, 0.2) is 0 Å². The van der Waals surface area contributed by atoms with Crippen LogP contribution >= 0.6 is 9.24 Å². The molecule has 3 rings (SSSR count). The summed E-state index contributed by atoms with van der Waals surface area (Å²) in [7, 11) is 2.73. The standard InChI is InChI=1S/C21H20NO2P/c1-15(23)22-19-10-6-16(7-11-19)17-8-12-20(13-9-17)24-14-18-4-2-3-5-21(18)25/h2-13H,14,25H2,1H3,(H,22,23). The minimum absolute atomic E-state index is 0.0682. The third kappa shape index (κ3) is 4.68. The minimum Gasteiger partial charge on any atom is -0.489 e. The summed E-state index contributed by atoms with van der Waals surface area (Å²) in [5.74, 6) is 0.771. The molecular formula is C21H20NO2P. The number of nitrogens with one attached hydrogen (secondary N) is 1. The highest BCUT2D eigenvalue weighted by Gasteiger charge is 2.02. The van der Waals surface area contributed by atoms with Crippen LogP contribution < -0.4 is 15.4 Å². The van der Waals surface area contributed by atoms with E-state index in [2.05, 4.69) is 26.7 Å². The second-order valence-electron chi connectivity index (χ2n) is 5.77. The molecule has 0 spiro atoms. The Morgan fingerprint density at radius 1 is 0.920 bits per heavy atom. The number of hydrogen-bond donors (Lipinski definition) is 1. The molecule has 0 bridgehead atoms. The summed E-state index contributed by atoms with van der Waals surface area (Å²) in [6.45, 7) is 2.05. The molecule has 3 aromatic carbocycles. The van der Waals surface area contributed by atoms with Crippen LogP contribution in [0.5, 0.6) is 5.75 Å². The summed E-state index contributed by atoms with van der Waals surface area (Å²) in [6.07, 6.45) is 0. The van der Waals surface area contributed by atoms with E-state index in [1.807, 2.05) is 60.7 Å². The largest absolute Gasteiger partial charge is 0.489 e. The lowest BCUT2D eigenvalue weighted by molar-refractivity contribution is -0.114. The van der Waals surface area contributed by atoms with Gasteiger partial charge in [0, 0.05) is 12.6 Å². The molecule has 0 aliphatic carbocycles. The molecule has 0 saturated heterocycles. The summed E-state index contributed by atoms with van der Waals surface area (Å²) < 4.78 is 5.87. The van der Waals surface area contributed by atoms with E-state index in [4.69, 9.17) is 4.74 Å². The Balaban J connectivity index is 1.65. The van der Waals surface area contributed by atoms with Gasteiger partial charge in [-0.3, -0.25) is 4.79 Å². The van der Waals surface area contributed by atoms with Gasteiger partial charge in [0.1, 0.15) is 12.4 Å². The van der Waals surface area contributed by atoms with Crippen LogP contribution in [0.15, 0.2) is 72.8 Å². The van der Waals surface area contributed by atoms with E-state index in [-0.39, 0.29) is 5.91 Å². The SMILES string of the molecule is CC(=O)Nc1ccc(-c2ccc(OCc3ccccc3P)cc2)cc1. The average Bonchev–Trinajstić information content (AvgIpc) is 2.62. The van der Waals surface area contributed by atoms with Gasteiger partial charge in [-0.25, -0.2) is 0 Å². The molecule has 0 fully saturated rings. The molecule has 3 aromatic rings. The van der Waals surface area contributed by atoms with Crippen molar-refractivity contribution in [1.82, 2.24) is 0 Å². The van der Waals surface area contributed by atoms with E-state index in [0.29, 0.717) is 6.61 Å². The van der Waals surface area contributed by atoms with Gasteiger partial charge in [-0.1, -0.05) is 48.5 Å². The lowest BCUT2D eigenvalue weighted by Gasteiger charge is -2.10. The third-order valence-corrected chi connectivity index (χ3v) is 4.41. The first kappa shape index (κ1) is 17.2. The van der Waals surface area contributed by atoms with Gasteiger partial charge in [-0.15, -0.1) is 9.24 Å². The zero-order chi connectivity index (χ0) is 17.6. The normalized spacial score (nSPS) is 10.3. The number of hydrogen-bond acceptors (Lipinski definition) is 2. The van der Waals surface area contributed by atoms with Crippen molar-refractivity contribution in [2.24, 2.45) is 0 Å². The van der Waals surface area contributed by atoms with E-state index in [9.17, 15) is 4.79 Å². The molecule has 126 valence electrons. The fourth-order valence-electron chi connectivity index (χ4n) is 2.52. The molecule has 1 N–H and O–H groups in total. The van der Waals surface area contributed by atoms with Crippen LogP contribution in [0.2, 0.25) is 0 Å². The maximum atomic E-state index is 11.1. The molecule has 1 amide bonds. The number of benzene rings is 3. The van der Waals surface area contributed by atoms with Gasteiger partial charge in [0.05, 0.1) is 0 Å². The Bertz CT molecular complexity index is 858. The Labute approximate surface area is 150 Å². The van der Waals surface area contributed by atoms with Crippen LogP contribution in [0.1, 0.15) is 12.5 Å². The van der Waals surface area contributed by atoms with E-state index in [1.165, 1.54) is 6.92 Å². The zero-order valence-corrected chi connectivity index (χ0v) is 15.2. The highest BCUT2D eigenvalue weighted by Crippen LogP contribution is 2.24. The average molecular weight is 349 g/mol. The van der Waals surface area contributed by atoms with Crippen molar-refractivity contribution in [2.45, 2.75) is 13.5 Å². The molecule has 4 heteroatoms. The molecule has 0 aliphatic heterocycles. The second-order valence-corrected chi connectivity index (χ2v) is 6.39.